The molecular weight excluding hydrogens is 864 g/mol. The zero-order valence-electron chi connectivity index (χ0n) is 45.6. The van der Waals surface area contributed by atoms with Crippen molar-refractivity contribution in [2.24, 2.45) is 0 Å². The molecule has 0 fully saturated rings. The minimum atomic E-state index is -4.61. The molecule has 0 aliphatic heterocycles. The van der Waals surface area contributed by atoms with Crippen LogP contribution in [0, 0.1) is 0 Å². The van der Waals surface area contributed by atoms with Gasteiger partial charge in [0.2, 0.25) is 5.91 Å². The summed E-state index contributed by atoms with van der Waals surface area (Å²) in [6.07, 6.45) is 66.2. The van der Waals surface area contributed by atoms with E-state index < -0.39 is 26.6 Å². The van der Waals surface area contributed by atoms with Gasteiger partial charge in [0.15, 0.2) is 0 Å². The number of carbonyl (C=O) groups excluding carboxylic acids is 1. The summed E-state index contributed by atoms with van der Waals surface area (Å²) >= 11 is 0. The first-order chi connectivity index (χ1) is 33.0. The zero-order chi connectivity index (χ0) is 49.9. The molecule has 0 rings (SSSR count). The SMILES string of the molecule is CCCCCCCCCCCC/C=C/CC/C=C/CC/C=C/C(O)C(COP(=O)([O-])OCC[N+](C)(C)C)NC(=O)CCCCCCCCCCCC/C=C\CCCCCCCCCCCCCC. The van der Waals surface area contributed by atoms with Crippen molar-refractivity contribution in [3.63, 3.8) is 0 Å². The predicted octanol–water partition coefficient (Wildman–Crippen LogP) is 16.9. The van der Waals surface area contributed by atoms with Gasteiger partial charge in [-0.25, -0.2) is 0 Å². The number of rotatable bonds is 53. The number of nitrogens with one attached hydrogen (secondary N) is 1. The van der Waals surface area contributed by atoms with Crippen LogP contribution in [-0.2, 0) is 18.4 Å². The van der Waals surface area contributed by atoms with Gasteiger partial charge in [-0.15, -0.1) is 0 Å². The van der Waals surface area contributed by atoms with Crippen LogP contribution >= 0.6 is 7.82 Å². The molecule has 0 saturated carbocycles. The summed E-state index contributed by atoms with van der Waals surface area (Å²) in [6, 6.07) is -0.911. The Morgan fingerprint density at radius 2 is 0.824 bits per heavy atom. The second kappa shape index (κ2) is 50.4. The summed E-state index contributed by atoms with van der Waals surface area (Å²) < 4.78 is 23.3. The average molecular weight is 978 g/mol. The van der Waals surface area contributed by atoms with Gasteiger partial charge in [0.1, 0.15) is 13.2 Å². The van der Waals surface area contributed by atoms with Crippen molar-refractivity contribution in [3.05, 3.63) is 48.6 Å². The summed E-state index contributed by atoms with van der Waals surface area (Å²) in [5, 5.41) is 13.9. The number of allylic oxidation sites excluding steroid dienone is 7. The molecule has 1 amide bonds. The minimum absolute atomic E-state index is 0.00953. The van der Waals surface area contributed by atoms with Crippen LogP contribution in [0.4, 0.5) is 0 Å². The lowest BCUT2D eigenvalue weighted by molar-refractivity contribution is -0.870. The van der Waals surface area contributed by atoms with Gasteiger partial charge in [-0.3, -0.25) is 9.36 Å². The van der Waals surface area contributed by atoms with Gasteiger partial charge in [0, 0.05) is 6.42 Å². The van der Waals surface area contributed by atoms with Gasteiger partial charge >= 0.3 is 0 Å². The Morgan fingerprint density at radius 3 is 1.19 bits per heavy atom. The standard InChI is InChI=1S/C59H113N2O6P/c1-6-8-10-12-14-16-18-20-22-24-26-28-29-30-31-32-33-35-37-39-41-43-45-47-49-51-53-59(63)60-57(56-67-68(64,65)66-55-54-61(3,4)5)58(62)52-50-48-46-44-42-40-38-36-34-27-25-23-21-19-17-15-13-11-9-7-2/h30-31,34,36,42,44,50,52,57-58,62H,6-29,32-33,35,37-41,43,45-49,51,53-56H2,1-5H3,(H-,60,63,64,65)/b31-30-,36-34+,44-42+,52-50+. The second-order valence-electron chi connectivity index (χ2n) is 21.0. The lowest BCUT2D eigenvalue weighted by atomic mass is 10.0. The Labute approximate surface area is 422 Å². The number of unbranched alkanes of at least 4 members (excludes halogenated alkanes) is 34. The Balaban J connectivity index is 4.25. The molecule has 3 unspecified atom stereocenters. The first-order valence-electron chi connectivity index (χ1n) is 29.0. The third-order valence-corrected chi connectivity index (χ3v) is 14.0. The quantitative estimate of drug-likeness (QED) is 0.0272. The number of aliphatic hydroxyl groups excluding tert-OH is 1. The van der Waals surface area contributed by atoms with Crippen molar-refractivity contribution < 1.29 is 32.9 Å². The van der Waals surface area contributed by atoms with Gasteiger partial charge < -0.3 is 28.8 Å². The molecule has 0 saturated heterocycles. The molecule has 9 heteroatoms. The van der Waals surface area contributed by atoms with Crippen LogP contribution in [-0.4, -0.2) is 68.5 Å². The van der Waals surface area contributed by atoms with Crippen LogP contribution in [0.5, 0.6) is 0 Å². The highest BCUT2D eigenvalue weighted by molar-refractivity contribution is 7.45. The van der Waals surface area contributed by atoms with Crippen LogP contribution in [0.25, 0.3) is 0 Å². The minimum Gasteiger partial charge on any atom is -0.756 e. The van der Waals surface area contributed by atoms with Crippen LogP contribution in [0.15, 0.2) is 48.6 Å². The maximum Gasteiger partial charge on any atom is 0.268 e. The Morgan fingerprint density at radius 1 is 0.500 bits per heavy atom. The number of hydrogen-bond donors (Lipinski definition) is 2. The fourth-order valence-electron chi connectivity index (χ4n) is 8.42. The summed E-state index contributed by atoms with van der Waals surface area (Å²) in [6.45, 7) is 4.64. The van der Waals surface area contributed by atoms with Gasteiger partial charge in [0.25, 0.3) is 7.82 Å². The van der Waals surface area contributed by atoms with E-state index in [-0.39, 0.29) is 12.5 Å². The summed E-state index contributed by atoms with van der Waals surface area (Å²) in [4.78, 5) is 25.5. The first-order valence-corrected chi connectivity index (χ1v) is 30.5. The van der Waals surface area contributed by atoms with Crippen LogP contribution in [0.2, 0.25) is 0 Å². The zero-order valence-corrected chi connectivity index (χ0v) is 46.5. The van der Waals surface area contributed by atoms with Crippen LogP contribution in [0.1, 0.15) is 271 Å². The number of amides is 1. The van der Waals surface area contributed by atoms with Gasteiger partial charge in [-0.2, -0.15) is 0 Å². The first kappa shape index (κ1) is 66.5. The molecule has 3 atom stereocenters. The number of quaternary nitrogens is 1. The molecule has 400 valence electrons. The molecule has 68 heavy (non-hydrogen) atoms. The highest BCUT2D eigenvalue weighted by atomic mass is 31.2. The van der Waals surface area contributed by atoms with E-state index in [0.717, 1.165) is 44.9 Å². The fraction of sp³-hybridized carbons (Fsp3) is 0.847. The van der Waals surface area contributed by atoms with E-state index in [4.69, 9.17) is 9.05 Å². The van der Waals surface area contributed by atoms with Crippen molar-refractivity contribution in [1.29, 1.82) is 0 Å². The molecule has 0 aliphatic carbocycles. The van der Waals surface area contributed by atoms with Gasteiger partial charge in [-0.1, -0.05) is 242 Å². The molecule has 0 aromatic carbocycles. The fourth-order valence-corrected chi connectivity index (χ4v) is 9.14. The van der Waals surface area contributed by atoms with E-state index in [0.29, 0.717) is 17.4 Å². The highest BCUT2D eigenvalue weighted by Gasteiger charge is 2.23. The van der Waals surface area contributed by atoms with Crippen molar-refractivity contribution in [2.75, 3.05) is 40.9 Å². The van der Waals surface area contributed by atoms with E-state index in [1.165, 1.54) is 205 Å². The van der Waals surface area contributed by atoms with Crippen molar-refractivity contribution >= 4 is 13.7 Å². The van der Waals surface area contributed by atoms with E-state index in [9.17, 15) is 19.4 Å². The largest absolute Gasteiger partial charge is 0.756 e. The molecule has 0 bridgehead atoms. The summed E-state index contributed by atoms with van der Waals surface area (Å²) in [7, 11) is 1.24. The number of phosphoric acid groups is 1. The molecule has 0 aromatic rings. The number of likely N-dealkylation sites (N-methyl/N-ethyl adjacent to an activating group) is 1. The Hall–Kier alpha value is -1.54. The predicted molar refractivity (Wildman–Crippen MR) is 293 cm³/mol. The summed E-state index contributed by atoms with van der Waals surface area (Å²) in [5.41, 5.74) is 0. The van der Waals surface area contributed by atoms with E-state index in [2.05, 4.69) is 55.6 Å². The van der Waals surface area contributed by atoms with Crippen molar-refractivity contribution in [2.45, 2.75) is 283 Å². The topological polar surface area (TPSA) is 108 Å². The molecule has 0 radical (unpaired) electrons. The van der Waals surface area contributed by atoms with Crippen molar-refractivity contribution in [3.8, 4) is 0 Å². The molecule has 8 nitrogen and oxygen atoms in total. The van der Waals surface area contributed by atoms with Gasteiger partial charge in [-0.05, 0) is 70.6 Å². The lowest BCUT2D eigenvalue weighted by Gasteiger charge is -2.29. The monoisotopic (exact) mass is 977 g/mol. The molecular formula is C59H113N2O6P. The number of carbonyl (C=O) groups is 1. The molecule has 0 aromatic heterocycles. The number of nitrogens with zero attached hydrogens (tertiary/aromatic N) is 1. The average Bonchev–Trinajstić information content (AvgIpc) is 3.30. The third kappa shape index (κ3) is 52.3. The van der Waals surface area contributed by atoms with E-state index >= 15 is 0 Å². The van der Waals surface area contributed by atoms with E-state index in [1.54, 1.807) is 6.08 Å². The molecule has 0 aliphatic rings. The molecule has 2 N–H and O–H groups in total. The Bertz CT molecular complexity index is 1250. The van der Waals surface area contributed by atoms with Crippen molar-refractivity contribution in [1.82, 2.24) is 5.32 Å². The number of aliphatic hydroxyl groups is 1. The third-order valence-electron chi connectivity index (χ3n) is 13.0. The van der Waals surface area contributed by atoms with E-state index in [1.807, 2.05) is 27.2 Å². The second-order valence-corrected chi connectivity index (χ2v) is 22.4. The number of hydrogen-bond acceptors (Lipinski definition) is 6. The lowest BCUT2D eigenvalue weighted by Crippen LogP contribution is -2.45. The highest BCUT2D eigenvalue weighted by Crippen LogP contribution is 2.38. The smallest absolute Gasteiger partial charge is 0.268 e. The molecule has 0 heterocycles. The molecule has 0 spiro atoms. The Kier molecular flexibility index (Phi) is 49.3. The number of phosphoric ester groups is 1. The van der Waals surface area contributed by atoms with Crippen LogP contribution in [0.3, 0.4) is 0 Å². The normalized spacial score (nSPS) is 14.3. The maximum absolute atomic E-state index is 13.0. The van der Waals surface area contributed by atoms with Gasteiger partial charge in [0.05, 0.1) is 39.9 Å². The van der Waals surface area contributed by atoms with Crippen LogP contribution < -0.4 is 10.2 Å². The summed E-state index contributed by atoms with van der Waals surface area (Å²) in [5.74, 6) is -0.211. The maximum atomic E-state index is 13.0.